The predicted molar refractivity (Wildman–Crippen MR) is 75.4 cm³/mol. The maximum absolute atomic E-state index is 4.32. The second-order valence-electron chi connectivity index (χ2n) is 7.13. The summed E-state index contributed by atoms with van der Waals surface area (Å²) in [6.07, 6.45) is 9.48. The molecule has 0 radical (unpaired) electrons. The van der Waals surface area contributed by atoms with Crippen LogP contribution in [0.5, 0.6) is 0 Å². The average molecular weight is 249 g/mol. The summed E-state index contributed by atoms with van der Waals surface area (Å²) in [5, 5.41) is 3.54. The first-order valence-corrected chi connectivity index (χ1v) is 7.12. The van der Waals surface area contributed by atoms with Gasteiger partial charge in [0.25, 0.3) is 0 Å². The highest BCUT2D eigenvalue weighted by atomic mass is 15.1. The van der Waals surface area contributed by atoms with E-state index < -0.39 is 0 Å². The number of hydrogen-bond donors (Lipinski definition) is 1. The van der Waals surface area contributed by atoms with Gasteiger partial charge in [0.1, 0.15) is 0 Å². The molecule has 0 spiro atoms. The molecule has 102 valence electrons. The summed E-state index contributed by atoms with van der Waals surface area (Å²) in [6, 6.07) is 0. The minimum absolute atomic E-state index is 0.159. The third-order valence-electron chi connectivity index (χ3n) is 3.96. The summed E-state index contributed by atoms with van der Waals surface area (Å²) in [7, 11) is 0. The van der Waals surface area contributed by atoms with E-state index in [0.29, 0.717) is 5.41 Å². The van der Waals surface area contributed by atoms with Crippen LogP contribution in [-0.4, -0.2) is 15.1 Å². The highest BCUT2D eigenvalue weighted by Gasteiger charge is 2.29. The smallest absolute Gasteiger partial charge is 0.0948 e. The molecule has 0 saturated heterocycles. The Morgan fingerprint density at radius 2 is 2.00 bits per heavy atom. The molecule has 1 saturated carbocycles. The van der Waals surface area contributed by atoms with Gasteiger partial charge in [-0.25, -0.2) is 4.98 Å². The van der Waals surface area contributed by atoms with E-state index in [4.69, 9.17) is 0 Å². The minimum Gasteiger partial charge on any atom is -0.333 e. The van der Waals surface area contributed by atoms with Crippen LogP contribution in [0.15, 0.2) is 12.5 Å². The van der Waals surface area contributed by atoms with Gasteiger partial charge in [0.15, 0.2) is 0 Å². The van der Waals surface area contributed by atoms with E-state index in [-0.39, 0.29) is 5.54 Å². The van der Waals surface area contributed by atoms with Gasteiger partial charge in [-0.05, 0) is 39.0 Å². The highest BCUT2D eigenvalue weighted by Crippen LogP contribution is 2.39. The molecule has 1 aliphatic carbocycles. The second kappa shape index (κ2) is 5.04. The lowest BCUT2D eigenvalue weighted by Crippen LogP contribution is -2.36. The van der Waals surface area contributed by atoms with Crippen LogP contribution in [0.2, 0.25) is 0 Å². The van der Waals surface area contributed by atoms with Crippen molar-refractivity contribution < 1.29 is 0 Å². The number of nitrogens with one attached hydrogen (secondary N) is 1. The standard InChI is InChI=1S/C15H27N3/c1-14(2,3)17-10-13-9-16-12-18(13)11-15(4)7-5-6-8-15/h9,12,17H,5-8,10-11H2,1-4H3. The molecule has 0 aromatic carbocycles. The maximum Gasteiger partial charge on any atom is 0.0948 e. The Bertz CT molecular complexity index is 381. The molecule has 1 fully saturated rings. The van der Waals surface area contributed by atoms with E-state index in [1.807, 2.05) is 12.5 Å². The van der Waals surface area contributed by atoms with Crippen LogP contribution >= 0.6 is 0 Å². The zero-order valence-electron chi connectivity index (χ0n) is 12.3. The fourth-order valence-corrected chi connectivity index (χ4v) is 2.79. The molecule has 3 nitrogen and oxygen atoms in total. The van der Waals surface area contributed by atoms with Gasteiger partial charge in [-0.1, -0.05) is 19.8 Å². The molecule has 0 atom stereocenters. The third-order valence-corrected chi connectivity index (χ3v) is 3.96. The van der Waals surface area contributed by atoms with Crippen LogP contribution in [0.25, 0.3) is 0 Å². The van der Waals surface area contributed by atoms with Crippen molar-refractivity contribution >= 4 is 0 Å². The molecule has 18 heavy (non-hydrogen) atoms. The Labute approximate surface area is 111 Å². The molecular formula is C15H27N3. The normalized spacial score (nSPS) is 19.3. The van der Waals surface area contributed by atoms with Gasteiger partial charge < -0.3 is 9.88 Å². The Morgan fingerprint density at radius 3 is 2.61 bits per heavy atom. The first-order valence-electron chi connectivity index (χ1n) is 7.12. The summed E-state index contributed by atoms with van der Waals surface area (Å²) in [5.74, 6) is 0. The van der Waals surface area contributed by atoms with Crippen molar-refractivity contribution in [3.8, 4) is 0 Å². The molecular weight excluding hydrogens is 222 g/mol. The monoisotopic (exact) mass is 249 g/mol. The topological polar surface area (TPSA) is 29.9 Å². The Hall–Kier alpha value is -0.830. The zero-order chi connectivity index (χ0) is 13.2. The third kappa shape index (κ3) is 3.58. The van der Waals surface area contributed by atoms with Gasteiger partial charge in [0.05, 0.1) is 12.0 Å². The molecule has 2 rings (SSSR count). The molecule has 1 aromatic heterocycles. The van der Waals surface area contributed by atoms with Crippen molar-refractivity contribution in [2.75, 3.05) is 0 Å². The maximum atomic E-state index is 4.32. The Kier molecular flexibility index (Phi) is 3.81. The number of imidazole rings is 1. The number of nitrogens with zero attached hydrogens (tertiary/aromatic N) is 2. The molecule has 1 aliphatic rings. The van der Waals surface area contributed by atoms with E-state index in [9.17, 15) is 0 Å². The zero-order valence-corrected chi connectivity index (χ0v) is 12.3. The van der Waals surface area contributed by atoms with Crippen LogP contribution in [0.1, 0.15) is 59.1 Å². The molecule has 1 heterocycles. The van der Waals surface area contributed by atoms with E-state index in [1.165, 1.54) is 31.4 Å². The van der Waals surface area contributed by atoms with E-state index >= 15 is 0 Å². The van der Waals surface area contributed by atoms with Crippen molar-refractivity contribution in [1.82, 2.24) is 14.9 Å². The summed E-state index contributed by atoms with van der Waals surface area (Å²) < 4.78 is 2.34. The van der Waals surface area contributed by atoms with Gasteiger partial charge >= 0.3 is 0 Å². The highest BCUT2D eigenvalue weighted by molar-refractivity contribution is 5.00. The number of rotatable bonds is 4. The van der Waals surface area contributed by atoms with E-state index in [2.05, 4.69) is 42.6 Å². The van der Waals surface area contributed by atoms with E-state index in [0.717, 1.165) is 13.1 Å². The predicted octanol–water partition coefficient (Wildman–Crippen LogP) is 3.35. The Balaban J connectivity index is 1.99. The van der Waals surface area contributed by atoms with Gasteiger partial charge in [-0.2, -0.15) is 0 Å². The lowest BCUT2D eigenvalue weighted by Gasteiger charge is -2.26. The average Bonchev–Trinajstić information content (AvgIpc) is 2.84. The van der Waals surface area contributed by atoms with Crippen molar-refractivity contribution in [3.05, 3.63) is 18.2 Å². The van der Waals surface area contributed by atoms with Crippen LogP contribution in [-0.2, 0) is 13.1 Å². The molecule has 0 unspecified atom stereocenters. The first kappa shape index (κ1) is 13.6. The molecule has 3 heteroatoms. The SMILES string of the molecule is CC1(Cn2cncc2CNC(C)(C)C)CCCC1. The van der Waals surface area contributed by atoms with Gasteiger partial charge in [-0.15, -0.1) is 0 Å². The molecule has 1 aromatic rings. The van der Waals surface area contributed by atoms with Gasteiger partial charge in [0, 0.05) is 24.8 Å². The van der Waals surface area contributed by atoms with Crippen LogP contribution in [0, 0.1) is 5.41 Å². The van der Waals surface area contributed by atoms with Crippen molar-refractivity contribution in [3.63, 3.8) is 0 Å². The van der Waals surface area contributed by atoms with Crippen LogP contribution in [0.4, 0.5) is 0 Å². The Morgan fingerprint density at radius 1 is 1.33 bits per heavy atom. The van der Waals surface area contributed by atoms with Gasteiger partial charge in [-0.3, -0.25) is 0 Å². The van der Waals surface area contributed by atoms with Crippen molar-refractivity contribution in [2.45, 2.75) is 72.0 Å². The summed E-state index contributed by atoms with van der Waals surface area (Å²) in [6.45, 7) is 11.0. The van der Waals surface area contributed by atoms with Crippen molar-refractivity contribution in [2.24, 2.45) is 5.41 Å². The quantitative estimate of drug-likeness (QED) is 0.887. The minimum atomic E-state index is 0.159. The molecule has 0 amide bonds. The number of hydrogen-bond acceptors (Lipinski definition) is 2. The number of aromatic nitrogens is 2. The van der Waals surface area contributed by atoms with Crippen molar-refractivity contribution in [1.29, 1.82) is 0 Å². The molecule has 1 N–H and O–H groups in total. The molecule has 0 aliphatic heterocycles. The van der Waals surface area contributed by atoms with Crippen LogP contribution < -0.4 is 5.32 Å². The van der Waals surface area contributed by atoms with Gasteiger partial charge in [0.2, 0.25) is 0 Å². The fraction of sp³-hybridized carbons (Fsp3) is 0.800. The van der Waals surface area contributed by atoms with E-state index in [1.54, 1.807) is 0 Å². The summed E-state index contributed by atoms with van der Waals surface area (Å²) in [5.41, 5.74) is 1.95. The fourth-order valence-electron chi connectivity index (χ4n) is 2.79. The summed E-state index contributed by atoms with van der Waals surface area (Å²) >= 11 is 0. The largest absolute Gasteiger partial charge is 0.333 e. The second-order valence-corrected chi connectivity index (χ2v) is 7.13. The first-order chi connectivity index (χ1) is 8.38. The lowest BCUT2D eigenvalue weighted by atomic mass is 9.89. The molecule has 0 bridgehead atoms. The summed E-state index contributed by atoms with van der Waals surface area (Å²) in [4.78, 5) is 4.32. The lowest BCUT2D eigenvalue weighted by molar-refractivity contribution is 0.276. The van der Waals surface area contributed by atoms with Crippen LogP contribution in [0.3, 0.4) is 0 Å².